The van der Waals surface area contributed by atoms with Crippen LogP contribution in [0.15, 0.2) is 30.3 Å². The van der Waals surface area contributed by atoms with Gasteiger partial charge in [0, 0.05) is 11.6 Å². The van der Waals surface area contributed by atoms with E-state index in [9.17, 15) is 0 Å². The van der Waals surface area contributed by atoms with Gasteiger partial charge in [0.25, 0.3) is 0 Å². The zero-order valence-electron chi connectivity index (χ0n) is 10.9. The fourth-order valence-electron chi connectivity index (χ4n) is 1.54. The van der Waals surface area contributed by atoms with Gasteiger partial charge in [-0.25, -0.2) is 4.98 Å². The van der Waals surface area contributed by atoms with Crippen molar-refractivity contribution in [3.05, 3.63) is 36.2 Å². The molecule has 1 aromatic carbocycles. The topological polar surface area (TPSA) is 50.7 Å². The van der Waals surface area contributed by atoms with Crippen molar-refractivity contribution in [3.63, 3.8) is 0 Å². The average molecular weight is 332 g/mol. The molecule has 0 amide bonds. The second-order valence-electron chi connectivity index (χ2n) is 4.47. The maximum absolute atomic E-state index is 5.88. The zero-order valence-corrected chi connectivity index (χ0v) is 13.2. The summed E-state index contributed by atoms with van der Waals surface area (Å²) in [4.78, 5) is 12.7. The summed E-state index contributed by atoms with van der Waals surface area (Å²) in [5.41, 5.74) is 0.831. The number of rotatable bonds is 3. The first-order valence-corrected chi connectivity index (χ1v) is 7.15. The lowest BCUT2D eigenvalue weighted by atomic mass is 10.2. The Balaban J connectivity index is 2.51. The average Bonchev–Trinajstić information content (AvgIpc) is 2.37. The Kier molecular flexibility index (Phi) is 4.68. The van der Waals surface area contributed by atoms with Crippen molar-refractivity contribution in [2.45, 2.75) is 23.7 Å². The monoisotopic (exact) mass is 330 g/mol. The molecule has 0 aliphatic rings. The molecule has 0 unspecified atom stereocenters. The molecule has 0 spiro atoms. The van der Waals surface area contributed by atoms with Gasteiger partial charge in [0.05, 0.1) is 0 Å². The third kappa shape index (κ3) is 3.95. The van der Waals surface area contributed by atoms with Gasteiger partial charge in [0.15, 0.2) is 11.6 Å². The van der Waals surface area contributed by atoms with Crippen molar-refractivity contribution in [1.82, 2.24) is 15.0 Å². The number of nitrogens with zero attached hydrogens (tertiary/aromatic N) is 3. The van der Waals surface area contributed by atoms with Gasteiger partial charge in [-0.15, -0.1) is 0 Å². The molecule has 1 aromatic heterocycles. The number of anilines is 1. The standard InChI is InChI=1S/C13H13Cl3N4/c1-8(2)17-12-19-10(9-6-4-3-5-7-9)18-11(20-12)13(14,15)16/h3-8H,1-2H3,(H,17,18,19,20). The van der Waals surface area contributed by atoms with Gasteiger partial charge in [0.1, 0.15) is 0 Å². The summed E-state index contributed by atoms with van der Waals surface area (Å²) in [7, 11) is 0. The third-order valence-electron chi connectivity index (χ3n) is 2.34. The van der Waals surface area contributed by atoms with Crippen LogP contribution in [0.1, 0.15) is 19.7 Å². The summed E-state index contributed by atoms with van der Waals surface area (Å²) in [6.07, 6.45) is 0. The summed E-state index contributed by atoms with van der Waals surface area (Å²) in [6.45, 7) is 3.95. The Morgan fingerprint density at radius 1 is 1.00 bits per heavy atom. The molecule has 106 valence electrons. The van der Waals surface area contributed by atoms with Crippen LogP contribution in [0.4, 0.5) is 5.95 Å². The van der Waals surface area contributed by atoms with E-state index < -0.39 is 3.79 Å². The van der Waals surface area contributed by atoms with E-state index in [1.165, 1.54) is 0 Å². The van der Waals surface area contributed by atoms with Crippen LogP contribution >= 0.6 is 34.8 Å². The highest BCUT2D eigenvalue weighted by atomic mass is 35.6. The van der Waals surface area contributed by atoms with E-state index in [1.54, 1.807) is 0 Å². The molecule has 0 saturated carbocycles. The Bertz CT molecular complexity index is 582. The molecular formula is C13H13Cl3N4. The molecule has 2 rings (SSSR count). The summed E-state index contributed by atoms with van der Waals surface area (Å²) in [6, 6.07) is 9.62. The van der Waals surface area contributed by atoms with Crippen LogP contribution in [0.3, 0.4) is 0 Å². The molecule has 20 heavy (non-hydrogen) atoms. The van der Waals surface area contributed by atoms with Crippen LogP contribution in [-0.2, 0) is 3.79 Å². The van der Waals surface area contributed by atoms with Gasteiger partial charge in [-0.2, -0.15) is 9.97 Å². The Morgan fingerprint density at radius 2 is 1.65 bits per heavy atom. The zero-order chi connectivity index (χ0) is 14.8. The number of hydrogen-bond acceptors (Lipinski definition) is 4. The molecule has 0 bridgehead atoms. The fraction of sp³-hybridized carbons (Fsp3) is 0.308. The minimum absolute atomic E-state index is 0.0968. The van der Waals surface area contributed by atoms with Crippen LogP contribution in [0, 0.1) is 0 Å². The number of aromatic nitrogens is 3. The molecule has 0 fully saturated rings. The fourth-order valence-corrected chi connectivity index (χ4v) is 1.80. The van der Waals surface area contributed by atoms with E-state index in [-0.39, 0.29) is 11.9 Å². The first kappa shape index (κ1) is 15.3. The van der Waals surface area contributed by atoms with E-state index in [1.807, 2.05) is 44.2 Å². The lowest BCUT2D eigenvalue weighted by Gasteiger charge is -2.14. The molecule has 0 saturated heterocycles. The molecule has 0 aliphatic heterocycles. The Morgan fingerprint density at radius 3 is 2.20 bits per heavy atom. The molecule has 0 radical (unpaired) electrons. The number of halogens is 3. The predicted octanol–water partition coefficient (Wildman–Crippen LogP) is 4.19. The predicted molar refractivity (Wildman–Crippen MR) is 83.3 cm³/mol. The first-order valence-electron chi connectivity index (χ1n) is 6.01. The largest absolute Gasteiger partial charge is 0.352 e. The van der Waals surface area contributed by atoms with E-state index in [0.717, 1.165) is 5.56 Å². The first-order chi connectivity index (χ1) is 9.36. The van der Waals surface area contributed by atoms with Crippen LogP contribution in [0.25, 0.3) is 11.4 Å². The van der Waals surface area contributed by atoms with Crippen LogP contribution in [0.5, 0.6) is 0 Å². The number of benzene rings is 1. The molecule has 0 aliphatic carbocycles. The SMILES string of the molecule is CC(C)Nc1nc(-c2ccccc2)nc(C(Cl)(Cl)Cl)n1. The van der Waals surface area contributed by atoms with Crippen molar-refractivity contribution in [2.24, 2.45) is 0 Å². The lowest BCUT2D eigenvalue weighted by molar-refractivity contribution is 0.847. The summed E-state index contributed by atoms with van der Waals surface area (Å²) in [5.74, 6) is 0.944. The summed E-state index contributed by atoms with van der Waals surface area (Å²) in [5, 5.41) is 3.09. The number of alkyl halides is 3. The van der Waals surface area contributed by atoms with Crippen LogP contribution in [0.2, 0.25) is 0 Å². The van der Waals surface area contributed by atoms with Crippen molar-refractivity contribution in [3.8, 4) is 11.4 Å². The second kappa shape index (κ2) is 6.12. The molecule has 7 heteroatoms. The minimum atomic E-state index is -1.69. The van der Waals surface area contributed by atoms with Crippen LogP contribution < -0.4 is 5.32 Å². The van der Waals surface area contributed by atoms with Crippen molar-refractivity contribution in [1.29, 1.82) is 0 Å². The van der Waals surface area contributed by atoms with E-state index in [4.69, 9.17) is 34.8 Å². The normalized spacial score (nSPS) is 11.7. The third-order valence-corrected chi connectivity index (χ3v) is 2.85. The van der Waals surface area contributed by atoms with Gasteiger partial charge in [-0.1, -0.05) is 65.1 Å². The molecular weight excluding hydrogens is 319 g/mol. The highest BCUT2D eigenvalue weighted by molar-refractivity contribution is 6.66. The van der Waals surface area contributed by atoms with Crippen molar-refractivity contribution < 1.29 is 0 Å². The van der Waals surface area contributed by atoms with Crippen LogP contribution in [-0.4, -0.2) is 21.0 Å². The smallest absolute Gasteiger partial charge is 0.250 e. The van der Waals surface area contributed by atoms with E-state index >= 15 is 0 Å². The number of nitrogens with one attached hydrogen (secondary N) is 1. The minimum Gasteiger partial charge on any atom is -0.352 e. The lowest BCUT2D eigenvalue weighted by Crippen LogP contribution is -2.17. The molecule has 1 N–H and O–H groups in total. The van der Waals surface area contributed by atoms with Gasteiger partial charge in [-0.05, 0) is 13.8 Å². The summed E-state index contributed by atoms with van der Waals surface area (Å²) >= 11 is 17.6. The Labute approximate surface area is 132 Å². The van der Waals surface area contributed by atoms with Gasteiger partial charge in [0.2, 0.25) is 9.74 Å². The summed E-state index contributed by atoms with van der Waals surface area (Å²) < 4.78 is -1.69. The van der Waals surface area contributed by atoms with Gasteiger partial charge >= 0.3 is 0 Å². The number of hydrogen-bond donors (Lipinski definition) is 1. The van der Waals surface area contributed by atoms with Crippen molar-refractivity contribution >= 4 is 40.8 Å². The molecule has 2 aromatic rings. The molecule has 4 nitrogen and oxygen atoms in total. The molecule has 0 atom stereocenters. The van der Waals surface area contributed by atoms with Gasteiger partial charge in [-0.3, -0.25) is 0 Å². The quantitative estimate of drug-likeness (QED) is 0.857. The van der Waals surface area contributed by atoms with Crippen molar-refractivity contribution in [2.75, 3.05) is 5.32 Å². The maximum atomic E-state index is 5.88. The highest BCUT2D eigenvalue weighted by Crippen LogP contribution is 2.36. The second-order valence-corrected chi connectivity index (χ2v) is 6.75. The molecule has 1 heterocycles. The highest BCUT2D eigenvalue weighted by Gasteiger charge is 2.28. The van der Waals surface area contributed by atoms with Gasteiger partial charge < -0.3 is 5.32 Å². The Hall–Kier alpha value is -1.10. The van der Waals surface area contributed by atoms with E-state index in [2.05, 4.69) is 20.3 Å². The maximum Gasteiger partial charge on any atom is 0.250 e. The van der Waals surface area contributed by atoms with E-state index in [0.29, 0.717) is 11.8 Å².